The Morgan fingerprint density at radius 2 is 1.80 bits per heavy atom. The minimum atomic E-state index is -3.77. The van der Waals surface area contributed by atoms with Crippen LogP contribution in [-0.2, 0) is 14.6 Å². The van der Waals surface area contributed by atoms with E-state index in [-0.39, 0.29) is 16.3 Å². The first-order valence-corrected chi connectivity index (χ1v) is 13.8. The average molecular weight is 504 g/mol. The number of carbonyl (C=O) groups excluding carboxylic acids is 1. The Morgan fingerprint density at radius 1 is 1.14 bits per heavy atom. The van der Waals surface area contributed by atoms with Gasteiger partial charge in [-0.2, -0.15) is 5.06 Å². The third-order valence-electron chi connectivity index (χ3n) is 6.79. The summed E-state index contributed by atoms with van der Waals surface area (Å²) in [7, 11) is -3.77. The van der Waals surface area contributed by atoms with E-state index in [2.05, 4.69) is 0 Å². The molecule has 1 aliphatic rings. The molecule has 0 aromatic heterocycles. The van der Waals surface area contributed by atoms with Gasteiger partial charge in [0.15, 0.2) is 9.84 Å². The number of amides is 1. The number of benzene rings is 2. The molecule has 2 aromatic rings. The lowest BCUT2D eigenvalue weighted by Gasteiger charge is -2.39. The number of ether oxygens (including phenoxy) is 1. The molecule has 0 radical (unpaired) electrons. The molecule has 2 aromatic carbocycles. The fourth-order valence-electron chi connectivity index (χ4n) is 4.93. The molecule has 1 aliphatic heterocycles. The molecule has 3 atom stereocenters. The van der Waals surface area contributed by atoms with Gasteiger partial charge in [-0.1, -0.05) is 57.0 Å². The summed E-state index contributed by atoms with van der Waals surface area (Å²) in [6, 6.07) is 13.6. The number of aliphatic hydroxyl groups is 1. The SMILES string of the molecule is CCCC[C@]1(CC)CS(=O)(=O)c2ccc(N(O)C(=O)OC(C)(C)C)cc2[C@@H](c2ccccc2)[C@H]1O. The number of carbonyl (C=O) groups is 1. The lowest BCUT2D eigenvalue weighted by molar-refractivity contribution is 0.0174. The lowest BCUT2D eigenvalue weighted by atomic mass is 9.69. The van der Waals surface area contributed by atoms with Crippen LogP contribution in [0.25, 0.3) is 0 Å². The van der Waals surface area contributed by atoms with Gasteiger partial charge < -0.3 is 9.84 Å². The van der Waals surface area contributed by atoms with Crippen LogP contribution in [0.5, 0.6) is 0 Å². The second-order valence-corrected chi connectivity index (χ2v) is 12.4. The van der Waals surface area contributed by atoms with Gasteiger partial charge in [-0.25, -0.2) is 13.2 Å². The van der Waals surface area contributed by atoms with Gasteiger partial charge in [-0.15, -0.1) is 0 Å². The van der Waals surface area contributed by atoms with Crippen molar-refractivity contribution in [2.75, 3.05) is 10.8 Å². The average Bonchev–Trinajstić information content (AvgIpc) is 2.87. The molecule has 1 heterocycles. The van der Waals surface area contributed by atoms with E-state index in [1.165, 1.54) is 18.2 Å². The van der Waals surface area contributed by atoms with Gasteiger partial charge in [-0.05, 0) is 62.9 Å². The molecular formula is C27H37NO6S. The molecule has 7 nitrogen and oxygen atoms in total. The highest BCUT2D eigenvalue weighted by atomic mass is 32.2. The van der Waals surface area contributed by atoms with Crippen LogP contribution in [-0.4, -0.2) is 42.3 Å². The number of anilines is 1. The van der Waals surface area contributed by atoms with Crippen molar-refractivity contribution in [1.29, 1.82) is 0 Å². The molecule has 35 heavy (non-hydrogen) atoms. The van der Waals surface area contributed by atoms with Crippen molar-refractivity contribution >= 4 is 21.6 Å². The fraction of sp³-hybridized carbons (Fsp3) is 0.519. The third-order valence-corrected chi connectivity index (χ3v) is 8.78. The molecule has 0 saturated carbocycles. The third kappa shape index (κ3) is 5.71. The van der Waals surface area contributed by atoms with Gasteiger partial charge in [-0.3, -0.25) is 5.21 Å². The predicted molar refractivity (Wildman–Crippen MR) is 136 cm³/mol. The van der Waals surface area contributed by atoms with Gasteiger partial charge >= 0.3 is 6.09 Å². The van der Waals surface area contributed by atoms with Crippen molar-refractivity contribution < 1.29 is 28.3 Å². The van der Waals surface area contributed by atoms with Crippen molar-refractivity contribution in [3.05, 3.63) is 59.7 Å². The highest BCUT2D eigenvalue weighted by Crippen LogP contribution is 2.49. The molecule has 1 amide bonds. The van der Waals surface area contributed by atoms with Crippen molar-refractivity contribution in [1.82, 2.24) is 0 Å². The zero-order valence-corrected chi connectivity index (χ0v) is 22.0. The number of fused-ring (bicyclic) bond motifs is 1. The fourth-order valence-corrected chi connectivity index (χ4v) is 7.18. The summed E-state index contributed by atoms with van der Waals surface area (Å²) in [5.74, 6) is -0.824. The van der Waals surface area contributed by atoms with Crippen LogP contribution in [0.15, 0.2) is 53.4 Å². The number of hydrogen-bond acceptors (Lipinski definition) is 6. The van der Waals surface area contributed by atoms with Crippen molar-refractivity contribution in [3.8, 4) is 0 Å². The monoisotopic (exact) mass is 503 g/mol. The maximum atomic E-state index is 13.7. The van der Waals surface area contributed by atoms with E-state index in [9.17, 15) is 23.5 Å². The van der Waals surface area contributed by atoms with E-state index in [0.29, 0.717) is 23.5 Å². The minimum absolute atomic E-state index is 0.0684. The van der Waals surface area contributed by atoms with Crippen LogP contribution in [0, 0.1) is 5.41 Å². The smallest absolute Gasteiger partial charge is 0.439 e. The van der Waals surface area contributed by atoms with E-state index < -0.39 is 39.0 Å². The van der Waals surface area contributed by atoms with E-state index in [0.717, 1.165) is 18.4 Å². The Balaban J connectivity index is 2.22. The van der Waals surface area contributed by atoms with Crippen LogP contribution < -0.4 is 5.06 Å². The molecule has 0 fully saturated rings. The van der Waals surface area contributed by atoms with Gasteiger partial charge in [0.25, 0.3) is 0 Å². The van der Waals surface area contributed by atoms with Crippen LogP contribution in [0.4, 0.5) is 10.5 Å². The van der Waals surface area contributed by atoms with Crippen LogP contribution in [0.1, 0.15) is 77.3 Å². The normalized spacial score (nSPS) is 23.7. The Labute approximate surface area is 208 Å². The summed E-state index contributed by atoms with van der Waals surface area (Å²) in [6.45, 7) is 9.03. The number of aliphatic hydroxyl groups excluding tert-OH is 1. The molecule has 0 aliphatic carbocycles. The largest absolute Gasteiger partial charge is 0.442 e. The van der Waals surface area contributed by atoms with Gasteiger partial charge in [0.05, 0.1) is 22.4 Å². The molecule has 0 spiro atoms. The first kappa shape index (κ1) is 27.2. The van der Waals surface area contributed by atoms with Crippen LogP contribution in [0.3, 0.4) is 0 Å². The summed E-state index contributed by atoms with van der Waals surface area (Å²) >= 11 is 0. The molecule has 0 bridgehead atoms. The van der Waals surface area contributed by atoms with E-state index >= 15 is 0 Å². The molecule has 2 N–H and O–H groups in total. The Morgan fingerprint density at radius 3 is 2.37 bits per heavy atom. The first-order valence-electron chi connectivity index (χ1n) is 12.2. The molecule has 192 valence electrons. The van der Waals surface area contributed by atoms with E-state index in [1.807, 2.05) is 44.2 Å². The Kier molecular flexibility index (Phi) is 7.99. The molecule has 8 heteroatoms. The quantitative estimate of drug-likeness (QED) is 0.388. The van der Waals surface area contributed by atoms with Crippen LogP contribution in [0.2, 0.25) is 0 Å². The Bertz CT molecular complexity index is 1140. The second-order valence-electron chi connectivity index (χ2n) is 10.4. The maximum absolute atomic E-state index is 13.7. The highest BCUT2D eigenvalue weighted by Gasteiger charge is 2.49. The topological polar surface area (TPSA) is 104 Å². The summed E-state index contributed by atoms with van der Waals surface area (Å²) in [6.07, 6.45) is 0.803. The number of rotatable bonds is 6. The van der Waals surface area contributed by atoms with Gasteiger partial charge in [0, 0.05) is 11.3 Å². The molecular weight excluding hydrogens is 466 g/mol. The van der Waals surface area contributed by atoms with Crippen molar-refractivity contribution in [2.45, 2.75) is 82.8 Å². The number of hydroxylamine groups is 1. The number of unbranched alkanes of at least 4 members (excludes halogenated alkanes) is 1. The van der Waals surface area contributed by atoms with E-state index in [1.54, 1.807) is 20.8 Å². The zero-order chi connectivity index (χ0) is 26.0. The zero-order valence-electron chi connectivity index (χ0n) is 21.2. The molecule has 0 unspecified atom stereocenters. The first-order chi connectivity index (χ1) is 16.3. The summed E-state index contributed by atoms with van der Waals surface area (Å²) in [5, 5.41) is 22.8. The van der Waals surface area contributed by atoms with Crippen molar-refractivity contribution in [3.63, 3.8) is 0 Å². The number of sulfone groups is 1. The standard InChI is InChI=1S/C27H37NO6S/c1-6-8-16-27(7-2)18-35(32,33)22-15-14-20(28(31)25(30)34-26(3,4)5)17-21(22)23(24(27)29)19-12-10-9-11-13-19/h9-15,17,23-24,29,31H,6-8,16,18H2,1-5H3/t23-,24-,27-/m1/s1. The lowest BCUT2D eigenvalue weighted by Crippen LogP contribution is -2.42. The van der Waals surface area contributed by atoms with Gasteiger partial charge in [0.1, 0.15) is 5.60 Å². The summed E-state index contributed by atoms with van der Waals surface area (Å²) in [5.41, 5.74) is -0.463. The highest BCUT2D eigenvalue weighted by molar-refractivity contribution is 7.91. The number of nitrogens with zero attached hydrogens (tertiary/aromatic N) is 1. The summed E-state index contributed by atoms with van der Waals surface area (Å²) < 4.78 is 32.6. The molecule has 0 saturated heterocycles. The minimum Gasteiger partial charge on any atom is -0.442 e. The van der Waals surface area contributed by atoms with Crippen molar-refractivity contribution in [2.24, 2.45) is 5.41 Å². The number of hydrogen-bond donors (Lipinski definition) is 2. The van der Waals surface area contributed by atoms with E-state index in [4.69, 9.17) is 4.74 Å². The van der Waals surface area contributed by atoms with Crippen LogP contribution >= 0.6 is 0 Å². The Hall–Kier alpha value is -2.42. The summed E-state index contributed by atoms with van der Waals surface area (Å²) in [4.78, 5) is 12.6. The second kappa shape index (κ2) is 10.3. The van der Waals surface area contributed by atoms with Gasteiger partial charge in [0.2, 0.25) is 0 Å². The maximum Gasteiger partial charge on any atom is 0.439 e. The predicted octanol–water partition coefficient (Wildman–Crippen LogP) is 5.68. The molecule has 3 rings (SSSR count).